The highest BCUT2D eigenvalue weighted by molar-refractivity contribution is 6.06. The Labute approximate surface area is 157 Å². The number of β-lactam (4-membered cyclic amide) rings is 1. The summed E-state index contributed by atoms with van der Waals surface area (Å²) in [6.07, 6.45) is 0. The van der Waals surface area contributed by atoms with Crippen molar-refractivity contribution in [1.82, 2.24) is 0 Å². The molecule has 0 bridgehead atoms. The van der Waals surface area contributed by atoms with Gasteiger partial charge in [-0.2, -0.15) is 0 Å². The molecule has 1 fully saturated rings. The molecule has 0 spiro atoms. The Morgan fingerprint density at radius 1 is 0.926 bits per heavy atom. The van der Waals surface area contributed by atoms with Gasteiger partial charge < -0.3 is 34.7 Å². The fourth-order valence-corrected chi connectivity index (χ4v) is 3.25. The molecular weight excluding hydrogens is 352 g/mol. The second kappa shape index (κ2) is 7.24. The van der Waals surface area contributed by atoms with Gasteiger partial charge in [0.1, 0.15) is 6.04 Å². The van der Waals surface area contributed by atoms with Crippen LogP contribution in [0.15, 0.2) is 30.3 Å². The predicted octanol–water partition coefficient (Wildman–Crippen LogP) is 1.84. The van der Waals surface area contributed by atoms with Gasteiger partial charge in [-0.25, -0.2) is 0 Å². The minimum Gasteiger partial charge on any atom is -0.504 e. The van der Waals surface area contributed by atoms with Crippen LogP contribution in [0.5, 0.6) is 28.7 Å². The first kappa shape index (κ1) is 18.7. The highest BCUT2D eigenvalue weighted by Crippen LogP contribution is 2.46. The summed E-state index contributed by atoms with van der Waals surface area (Å²) in [4.78, 5) is 14.0. The summed E-state index contributed by atoms with van der Waals surface area (Å²) in [5, 5.41) is 10.1. The van der Waals surface area contributed by atoms with E-state index in [0.29, 0.717) is 34.2 Å². The molecule has 1 saturated heterocycles. The van der Waals surface area contributed by atoms with Gasteiger partial charge in [-0.15, -0.1) is 0 Å². The minimum atomic E-state index is -0.725. The number of amides is 1. The first-order chi connectivity index (χ1) is 13.0. The van der Waals surface area contributed by atoms with Crippen molar-refractivity contribution in [2.45, 2.75) is 12.1 Å². The van der Waals surface area contributed by atoms with Crippen LogP contribution in [0, 0.1) is 0 Å². The van der Waals surface area contributed by atoms with Crippen molar-refractivity contribution in [1.29, 1.82) is 0 Å². The van der Waals surface area contributed by atoms with Gasteiger partial charge >= 0.3 is 0 Å². The number of carbonyl (C=O) groups excluding carboxylic acids is 1. The Hall–Kier alpha value is -3.13. The van der Waals surface area contributed by atoms with Crippen molar-refractivity contribution >= 4 is 11.6 Å². The van der Waals surface area contributed by atoms with Crippen molar-refractivity contribution < 1.29 is 28.8 Å². The lowest BCUT2D eigenvalue weighted by Gasteiger charge is -2.45. The second-order valence-electron chi connectivity index (χ2n) is 5.99. The lowest BCUT2D eigenvalue weighted by atomic mass is 9.88. The number of nitrogens with zero attached hydrogens (tertiary/aromatic N) is 1. The summed E-state index contributed by atoms with van der Waals surface area (Å²) in [6.45, 7) is 0. The number of phenols is 1. The van der Waals surface area contributed by atoms with Crippen LogP contribution in [0.4, 0.5) is 5.69 Å². The van der Waals surface area contributed by atoms with Gasteiger partial charge in [0.2, 0.25) is 11.7 Å². The van der Waals surface area contributed by atoms with Crippen molar-refractivity contribution in [2.75, 3.05) is 33.3 Å². The van der Waals surface area contributed by atoms with Crippen LogP contribution in [-0.4, -0.2) is 45.5 Å². The zero-order chi connectivity index (χ0) is 19.7. The van der Waals surface area contributed by atoms with Gasteiger partial charge in [-0.05, 0) is 17.7 Å². The molecule has 2 aromatic carbocycles. The number of anilines is 1. The number of benzene rings is 2. The largest absolute Gasteiger partial charge is 0.504 e. The molecule has 8 heteroatoms. The van der Waals surface area contributed by atoms with Crippen LogP contribution in [0.2, 0.25) is 0 Å². The Morgan fingerprint density at radius 3 is 2.00 bits per heavy atom. The van der Waals surface area contributed by atoms with E-state index in [4.69, 9.17) is 24.7 Å². The third-order valence-corrected chi connectivity index (χ3v) is 4.61. The maximum absolute atomic E-state index is 12.5. The highest BCUT2D eigenvalue weighted by Gasteiger charge is 2.47. The van der Waals surface area contributed by atoms with Gasteiger partial charge in [0.05, 0.1) is 40.2 Å². The molecule has 3 N–H and O–H groups in total. The third kappa shape index (κ3) is 2.97. The number of ether oxygens (including phenoxy) is 4. The van der Waals surface area contributed by atoms with Crippen LogP contribution >= 0.6 is 0 Å². The van der Waals surface area contributed by atoms with Gasteiger partial charge in [0.15, 0.2) is 23.0 Å². The van der Waals surface area contributed by atoms with Crippen LogP contribution in [0.3, 0.4) is 0 Å². The number of hydrogen-bond donors (Lipinski definition) is 2. The van der Waals surface area contributed by atoms with E-state index < -0.39 is 12.1 Å². The molecule has 2 atom stereocenters. The summed E-state index contributed by atoms with van der Waals surface area (Å²) in [6, 6.07) is 7.13. The van der Waals surface area contributed by atoms with E-state index in [9.17, 15) is 9.90 Å². The smallest absolute Gasteiger partial charge is 0.247 e. The summed E-state index contributed by atoms with van der Waals surface area (Å²) in [7, 11) is 5.98. The molecule has 0 aromatic heterocycles. The van der Waals surface area contributed by atoms with Crippen LogP contribution in [-0.2, 0) is 4.79 Å². The quantitative estimate of drug-likeness (QED) is 0.744. The molecule has 0 aliphatic carbocycles. The van der Waals surface area contributed by atoms with E-state index in [2.05, 4.69) is 0 Å². The fraction of sp³-hybridized carbons (Fsp3) is 0.316. The Balaban J connectivity index is 2.05. The Bertz CT molecular complexity index is 844. The van der Waals surface area contributed by atoms with E-state index in [1.54, 1.807) is 30.3 Å². The van der Waals surface area contributed by atoms with Gasteiger partial charge in [0, 0.05) is 12.1 Å². The molecule has 3 rings (SSSR count). The molecule has 2 unspecified atom stereocenters. The van der Waals surface area contributed by atoms with Crippen molar-refractivity contribution in [3.8, 4) is 28.7 Å². The Kier molecular flexibility index (Phi) is 5.00. The standard InChI is InChI=1S/C19H22N2O6/c1-24-13-6-5-10(7-12(13)22)17-16(20)19(23)21(17)11-8-14(25-2)18(27-4)15(9-11)26-3/h5-9,16-17,22H,20H2,1-4H3. The summed E-state index contributed by atoms with van der Waals surface area (Å²) < 4.78 is 21.1. The lowest BCUT2D eigenvalue weighted by molar-refractivity contribution is -0.126. The summed E-state index contributed by atoms with van der Waals surface area (Å²) >= 11 is 0. The predicted molar refractivity (Wildman–Crippen MR) is 99.0 cm³/mol. The summed E-state index contributed by atoms with van der Waals surface area (Å²) in [5.41, 5.74) is 7.29. The van der Waals surface area contributed by atoms with Gasteiger partial charge in [0.25, 0.3) is 0 Å². The lowest BCUT2D eigenvalue weighted by Crippen LogP contribution is -2.63. The molecule has 0 radical (unpaired) electrons. The first-order valence-electron chi connectivity index (χ1n) is 8.22. The summed E-state index contributed by atoms with van der Waals surface area (Å²) in [5.74, 6) is 1.36. The van der Waals surface area contributed by atoms with Crippen molar-refractivity contribution in [2.24, 2.45) is 5.73 Å². The maximum Gasteiger partial charge on any atom is 0.247 e. The van der Waals surface area contributed by atoms with Crippen LogP contribution < -0.4 is 29.6 Å². The van der Waals surface area contributed by atoms with Crippen LogP contribution in [0.1, 0.15) is 11.6 Å². The molecule has 1 heterocycles. The van der Waals surface area contributed by atoms with Gasteiger partial charge in [-0.3, -0.25) is 4.79 Å². The molecule has 2 aromatic rings. The molecule has 144 valence electrons. The maximum atomic E-state index is 12.5. The van der Waals surface area contributed by atoms with E-state index in [-0.39, 0.29) is 11.7 Å². The SMILES string of the molecule is COc1ccc(C2C(N)C(=O)N2c2cc(OC)c(OC)c(OC)c2)cc1O. The Morgan fingerprint density at radius 2 is 1.52 bits per heavy atom. The van der Waals surface area contributed by atoms with Gasteiger partial charge in [-0.1, -0.05) is 6.07 Å². The monoisotopic (exact) mass is 374 g/mol. The topological polar surface area (TPSA) is 103 Å². The highest BCUT2D eigenvalue weighted by atomic mass is 16.5. The zero-order valence-corrected chi connectivity index (χ0v) is 15.6. The molecular formula is C19H22N2O6. The van der Waals surface area contributed by atoms with Crippen LogP contribution in [0.25, 0.3) is 0 Å². The molecule has 1 aliphatic rings. The molecule has 8 nitrogen and oxygen atoms in total. The number of hydrogen-bond acceptors (Lipinski definition) is 7. The average Bonchev–Trinajstić information content (AvgIpc) is 2.69. The number of phenolic OH excluding ortho intramolecular Hbond substituents is 1. The van der Waals surface area contributed by atoms with Crippen molar-refractivity contribution in [3.05, 3.63) is 35.9 Å². The minimum absolute atomic E-state index is 0.0219. The molecule has 1 aliphatic heterocycles. The second-order valence-corrected chi connectivity index (χ2v) is 5.99. The van der Waals surface area contributed by atoms with E-state index in [1.165, 1.54) is 33.3 Å². The van der Waals surface area contributed by atoms with E-state index in [0.717, 1.165) is 0 Å². The first-order valence-corrected chi connectivity index (χ1v) is 8.22. The molecule has 0 saturated carbocycles. The van der Waals surface area contributed by atoms with Crippen molar-refractivity contribution in [3.63, 3.8) is 0 Å². The third-order valence-electron chi connectivity index (χ3n) is 4.61. The fourth-order valence-electron chi connectivity index (χ4n) is 3.25. The normalized spacial score (nSPS) is 18.7. The number of aromatic hydroxyl groups is 1. The number of nitrogens with two attached hydrogens (primary N) is 1. The molecule has 27 heavy (non-hydrogen) atoms. The van der Waals surface area contributed by atoms with E-state index in [1.807, 2.05) is 0 Å². The van der Waals surface area contributed by atoms with E-state index >= 15 is 0 Å². The number of carbonyl (C=O) groups is 1. The number of rotatable bonds is 6. The zero-order valence-electron chi connectivity index (χ0n) is 15.6. The average molecular weight is 374 g/mol. The molecule has 1 amide bonds. The number of methoxy groups -OCH3 is 4.